The van der Waals surface area contributed by atoms with Gasteiger partial charge in [-0.2, -0.15) is 5.10 Å². The largest absolute Gasteiger partial charge is 0.372 e. The van der Waals surface area contributed by atoms with Crippen LogP contribution in [0.4, 0.5) is 5.69 Å². The number of para-hydroxylation sites is 1. The van der Waals surface area contributed by atoms with Gasteiger partial charge in [-0.05, 0) is 25.5 Å². The zero-order valence-electron chi connectivity index (χ0n) is 13.0. The standard InChI is InChI=1S/C16H23N5O/c1-2-20(15-7-4-3-5-8-15)11-6-10-18-16(22)9-12-21-14-17-13-19-21/h3-5,7-8,13-14H,2,6,9-12H2,1H3,(H,18,22). The van der Waals surface area contributed by atoms with Gasteiger partial charge in [-0.3, -0.25) is 9.48 Å². The molecule has 22 heavy (non-hydrogen) atoms. The molecule has 1 N–H and O–H groups in total. The van der Waals surface area contributed by atoms with Gasteiger partial charge < -0.3 is 10.2 Å². The van der Waals surface area contributed by atoms with Gasteiger partial charge in [0, 0.05) is 31.7 Å². The molecule has 0 saturated carbocycles. The molecule has 6 nitrogen and oxygen atoms in total. The average Bonchev–Trinajstić information content (AvgIpc) is 3.07. The molecule has 1 heterocycles. The average molecular weight is 301 g/mol. The lowest BCUT2D eigenvalue weighted by molar-refractivity contribution is -0.121. The predicted molar refractivity (Wildman–Crippen MR) is 86.6 cm³/mol. The SMILES string of the molecule is CCN(CCCNC(=O)CCn1cncn1)c1ccccc1. The summed E-state index contributed by atoms with van der Waals surface area (Å²) in [5.41, 5.74) is 1.22. The molecule has 6 heteroatoms. The molecule has 1 aromatic heterocycles. The van der Waals surface area contributed by atoms with Crippen molar-refractivity contribution >= 4 is 11.6 Å². The minimum Gasteiger partial charge on any atom is -0.372 e. The van der Waals surface area contributed by atoms with Crippen LogP contribution in [0.25, 0.3) is 0 Å². The van der Waals surface area contributed by atoms with E-state index < -0.39 is 0 Å². The van der Waals surface area contributed by atoms with Crippen molar-refractivity contribution in [2.45, 2.75) is 26.3 Å². The Morgan fingerprint density at radius 3 is 2.82 bits per heavy atom. The van der Waals surface area contributed by atoms with Gasteiger partial charge in [-0.15, -0.1) is 0 Å². The predicted octanol–water partition coefficient (Wildman–Crippen LogP) is 1.70. The number of rotatable bonds is 9. The number of carbonyl (C=O) groups is 1. The molecule has 1 aromatic carbocycles. The van der Waals surface area contributed by atoms with Crippen LogP contribution >= 0.6 is 0 Å². The van der Waals surface area contributed by atoms with Gasteiger partial charge in [0.2, 0.25) is 5.91 Å². The maximum Gasteiger partial charge on any atom is 0.221 e. The molecule has 1 amide bonds. The summed E-state index contributed by atoms with van der Waals surface area (Å²) >= 11 is 0. The first-order chi connectivity index (χ1) is 10.8. The number of aryl methyl sites for hydroxylation is 1. The monoisotopic (exact) mass is 301 g/mol. The number of benzene rings is 1. The van der Waals surface area contributed by atoms with Gasteiger partial charge in [-0.1, -0.05) is 18.2 Å². The van der Waals surface area contributed by atoms with E-state index in [-0.39, 0.29) is 5.91 Å². The second-order valence-corrected chi connectivity index (χ2v) is 5.03. The maximum atomic E-state index is 11.7. The Hall–Kier alpha value is -2.37. The molecule has 2 aromatic rings. The highest BCUT2D eigenvalue weighted by molar-refractivity contribution is 5.75. The summed E-state index contributed by atoms with van der Waals surface area (Å²) in [6.07, 6.45) is 4.45. The van der Waals surface area contributed by atoms with Crippen molar-refractivity contribution in [3.05, 3.63) is 43.0 Å². The number of amides is 1. The molecular formula is C16H23N5O. The fraction of sp³-hybridized carbons (Fsp3) is 0.438. The molecular weight excluding hydrogens is 278 g/mol. The first kappa shape index (κ1) is 16.0. The van der Waals surface area contributed by atoms with E-state index in [1.54, 1.807) is 11.0 Å². The number of hydrogen-bond acceptors (Lipinski definition) is 4. The molecule has 0 spiro atoms. The Bertz CT molecular complexity index is 541. The van der Waals surface area contributed by atoms with Gasteiger partial charge in [0.15, 0.2) is 0 Å². The fourth-order valence-corrected chi connectivity index (χ4v) is 2.26. The van der Waals surface area contributed by atoms with Crippen LogP contribution in [-0.2, 0) is 11.3 Å². The molecule has 118 valence electrons. The fourth-order valence-electron chi connectivity index (χ4n) is 2.26. The highest BCUT2D eigenvalue weighted by atomic mass is 16.1. The zero-order chi connectivity index (χ0) is 15.6. The second kappa shape index (κ2) is 8.81. The number of nitrogens with one attached hydrogen (secondary N) is 1. The second-order valence-electron chi connectivity index (χ2n) is 5.03. The zero-order valence-corrected chi connectivity index (χ0v) is 13.0. The first-order valence-electron chi connectivity index (χ1n) is 7.68. The highest BCUT2D eigenvalue weighted by Crippen LogP contribution is 2.12. The molecule has 0 aliphatic carbocycles. The van der Waals surface area contributed by atoms with Gasteiger partial charge in [-0.25, -0.2) is 4.98 Å². The quantitative estimate of drug-likeness (QED) is 0.716. The van der Waals surface area contributed by atoms with Crippen molar-refractivity contribution in [2.24, 2.45) is 0 Å². The van der Waals surface area contributed by atoms with Crippen molar-refractivity contribution in [3.63, 3.8) is 0 Å². The summed E-state index contributed by atoms with van der Waals surface area (Å²) in [5, 5.41) is 6.92. The van der Waals surface area contributed by atoms with E-state index in [2.05, 4.69) is 39.4 Å². The van der Waals surface area contributed by atoms with E-state index in [4.69, 9.17) is 0 Å². The van der Waals surface area contributed by atoms with Crippen molar-refractivity contribution in [1.82, 2.24) is 20.1 Å². The minimum absolute atomic E-state index is 0.0539. The van der Waals surface area contributed by atoms with E-state index >= 15 is 0 Å². The third kappa shape index (κ3) is 5.20. The van der Waals surface area contributed by atoms with Crippen molar-refractivity contribution in [2.75, 3.05) is 24.5 Å². The molecule has 0 atom stereocenters. The third-order valence-corrected chi connectivity index (χ3v) is 3.46. The molecule has 0 aliphatic rings. The van der Waals surface area contributed by atoms with Crippen LogP contribution in [-0.4, -0.2) is 40.3 Å². The van der Waals surface area contributed by atoms with Crippen LogP contribution in [0.15, 0.2) is 43.0 Å². The van der Waals surface area contributed by atoms with Crippen LogP contribution in [0.5, 0.6) is 0 Å². The van der Waals surface area contributed by atoms with Crippen LogP contribution in [0, 0.1) is 0 Å². The molecule has 0 saturated heterocycles. The lowest BCUT2D eigenvalue weighted by Crippen LogP contribution is -2.30. The van der Waals surface area contributed by atoms with Gasteiger partial charge in [0.1, 0.15) is 12.7 Å². The number of nitrogens with zero attached hydrogens (tertiary/aromatic N) is 4. The summed E-state index contributed by atoms with van der Waals surface area (Å²) < 4.78 is 1.66. The Labute approximate surface area is 131 Å². The highest BCUT2D eigenvalue weighted by Gasteiger charge is 2.05. The van der Waals surface area contributed by atoms with Gasteiger partial charge in [0.05, 0.1) is 6.54 Å². The third-order valence-electron chi connectivity index (χ3n) is 3.46. The molecule has 0 bridgehead atoms. The Kier molecular flexibility index (Phi) is 6.41. The van der Waals surface area contributed by atoms with Crippen LogP contribution in [0.2, 0.25) is 0 Å². The van der Waals surface area contributed by atoms with Gasteiger partial charge in [0.25, 0.3) is 0 Å². The lowest BCUT2D eigenvalue weighted by atomic mass is 10.2. The summed E-state index contributed by atoms with van der Waals surface area (Å²) in [5.74, 6) is 0.0539. The van der Waals surface area contributed by atoms with E-state index in [1.807, 2.05) is 18.2 Å². The van der Waals surface area contributed by atoms with Crippen molar-refractivity contribution < 1.29 is 4.79 Å². The number of hydrogen-bond donors (Lipinski definition) is 1. The minimum atomic E-state index is 0.0539. The number of aromatic nitrogens is 3. The van der Waals surface area contributed by atoms with E-state index in [9.17, 15) is 4.79 Å². The summed E-state index contributed by atoms with van der Waals surface area (Å²) in [6.45, 7) is 5.30. The van der Waals surface area contributed by atoms with Crippen LogP contribution < -0.4 is 10.2 Å². The molecule has 0 radical (unpaired) electrons. The smallest absolute Gasteiger partial charge is 0.221 e. The normalized spacial score (nSPS) is 10.4. The molecule has 2 rings (SSSR count). The topological polar surface area (TPSA) is 63.1 Å². The Balaban J connectivity index is 1.62. The maximum absolute atomic E-state index is 11.7. The number of anilines is 1. The molecule has 0 unspecified atom stereocenters. The Morgan fingerprint density at radius 2 is 2.14 bits per heavy atom. The first-order valence-corrected chi connectivity index (χ1v) is 7.68. The summed E-state index contributed by atoms with van der Waals surface area (Å²) in [6, 6.07) is 10.3. The van der Waals surface area contributed by atoms with E-state index in [1.165, 1.54) is 12.0 Å². The Morgan fingerprint density at radius 1 is 1.32 bits per heavy atom. The van der Waals surface area contributed by atoms with Crippen molar-refractivity contribution in [3.8, 4) is 0 Å². The van der Waals surface area contributed by atoms with Gasteiger partial charge >= 0.3 is 0 Å². The number of carbonyl (C=O) groups excluding carboxylic acids is 1. The lowest BCUT2D eigenvalue weighted by Gasteiger charge is -2.23. The van der Waals surface area contributed by atoms with E-state index in [0.717, 1.165) is 19.5 Å². The van der Waals surface area contributed by atoms with Crippen LogP contribution in [0.1, 0.15) is 19.8 Å². The van der Waals surface area contributed by atoms with Crippen LogP contribution in [0.3, 0.4) is 0 Å². The molecule has 0 fully saturated rings. The summed E-state index contributed by atoms with van der Waals surface area (Å²) in [7, 11) is 0. The van der Waals surface area contributed by atoms with Crippen molar-refractivity contribution in [1.29, 1.82) is 0 Å². The summed E-state index contributed by atoms with van der Waals surface area (Å²) in [4.78, 5) is 17.9. The van der Waals surface area contributed by atoms with E-state index in [0.29, 0.717) is 19.5 Å². The molecule has 0 aliphatic heterocycles.